The molecule has 1 aliphatic carbocycles. The molecule has 0 amide bonds. The number of benzene rings is 1. The van der Waals surface area contributed by atoms with Crippen molar-refractivity contribution in [3.63, 3.8) is 0 Å². The summed E-state index contributed by atoms with van der Waals surface area (Å²) < 4.78 is 6.02. The first-order chi connectivity index (χ1) is 12.7. The molecule has 0 aliphatic heterocycles. The van der Waals surface area contributed by atoms with Gasteiger partial charge in [0.15, 0.2) is 5.96 Å². The molecule has 0 radical (unpaired) electrons. The highest BCUT2D eigenvalue weighted by molar-refractivity contribution is 14.0. The molecule has 27 heavy (non-hydrogen) atoms. The fourth-order valence-corrected chi connectivity index (χ4v) is 3.41. The minimum absolute atomic E-state index is 0. The largest absolute Gasteiger partial charge is 0.376 e. The van der Waals surface area contributed by atoms with Gasteiger partial charge in [-0.1, -0.05) is 49.9 Å². The van der Waals surface area contributed by atoms with Crippen LogP contribution in [0.3, 0.4) is 0 Å². The fourth-order valence-electron chi connectivity index (χ4n) is 3.41. The molecule has 0 saturated heterocycles. The van der Waals surface area contributed by atoms with Crippen LogP contribution in [0.2, 0.25) is 0 Å². The summed E-state index contributed by atoms with van der Waals surface area (Å²) in [5.41, 5.74) is 2.59. The molecule has 1 fully saturated rings. The minimum Gasteiger partial charge on any atom is -0.376 e. The maximum Gasteiger partial charge on any atom is 0.191 e. The van der Waals surface area contributed by atoms with Crippen LogP contribution < -0.4 is 10.6 Å². The van der Waals surface area contributed by atoms with Crippen molar-refractivity contribution >= 4 is 29.9 Å². The first-order valence-electron chi connectivity index (χ1n) is 9.96. The molecule has 0 heterocycles. The van der Waals surface area contributed by atoms with Gasteiger partial charge in [0.1, 0.15) is 0 Å². The van der Waals surface area contributed by atoms with E-state index in [-0.39, 0.29) is 24.0 Å². The van der Waals surface area contributed by atoms with Crippen molar-refractivity contribution in [1.82, 2.24) is 15.5 Å². The predicted molar refractivity (Wildman–Crippen MR) is 125 cm³/mol. The predicted octanol–water partition coefficient (Wildman–Crippen LogP) is 3.77. The Morgan fingerprint density at radius 1 is 1.11 bits per heavy atom. The molecule has 0 spiro atoms. The molecular weight excluding hydrogens is 451 g/mol. The Bertz CT molecular complexity index is 543. The normalized spacial score (nSPS) is 15.9. The zero-order valence-corrected chi connectivity index (χ0v) is 19.5. The third-order valence-corrected chi connectivity index (χ3v) is 4.72. The third-order valence-electron chi connectivity index (χ3n) is 4.72. The quantitative estimate of drug-likeness (QED) is 0.192. The van der Waals surface area contributed by atoms with E-state index in [1.54, 1.807) is 0 Å². The van der Waals surface area contributed by atoms with E-state index >= 15 is 0 Å². The van der Waals surface area contributed by atoms with Crippen LogP contribution >= 0.6 is 24.0 Å². The number of rotatable bonds is 8. The van der Waals surface area contributed by atoms with E-state index in [2.05, 4.69) is 58.9 Å². The zero-order valence-electron chi connectivity index (χ0n) is 17.2. The molecule has 1 aromatic carbocycles. The molecule has 1 saturated carbocycles. The van der Waals surface area contributed by atoms with Crippen LogP contribution in [0.15, 0.2) is 29.3 Å². The molecule has 2 N–H and O–H groups in total. The highest BCUT2D eigenvalue weighted by Crippen LogP contribution is 2.19. The van der Waals surface area contributed by atoms with Crippen LogP contribution in [-0.4, -0.2) is 51.3 Å². The second-order valence-corrected chi connectivity index (χ2v) is 7.39. The number of nitrogens with one attached hydrogen (secondary N) is 2. The van der Waals surface area contributed by atoms with Crippen molar-refractivity contribution in [3.8, 4) is 0 Å². The molecule has 5 nitrogen and oxygen atoms in total. The summed E-state index contributed by atoms with van der Waals surface area (Å²) in [6.45, 7) is 3.25. The summed E-state index contributed by atoms with van der Waals surface area (Å²) >= 11 is 0. The molecular formula is C21H37IN4O. The molecule has 1 aliphatic rings. The monoisotopic (exact) mass is 488 g/mol. The number of guanidine groups is 1. The Morgan fingerprint density at radius 3 is 2.48 bits per heavy atom. The summed E-state index contributed by atoms with van der Waals surface area (Å²) in [5.74, 6) is 0.826. The number of nitrogens with zero attached hydrogens (tertiary/aromatic N) is 2. The summed E-state index contributed by atoms with van der Waals surface area (Å²) in [4.78, 5) is 6.49. The molecule has 154 valence electrons. The van der Waals surface area contributed by atoms with E-state index in [1.165, 1.54) is 49.7 Å². The Kier molecular flexibility index (Phi) is 12.7. The van der Waals surface area contributed by atoms with Crippen LogP contribution in [0.25, 0.3) is 0 Å². The second kappa shape index (κ2) is 14.2. The maximum atomic E-state index is 6.02. The first kappa shape index (κ1) is 24.2. The van der Waals surface area contributed by atoms with Gasteiger partial charge < -0.3 is 20.3 Å². The lowest BCUT2D eigenvalue weighted by atomic mass is 10.1. The lowest BCUT2D eigenvalue weighted by molar-refractivity contribution is 0.0468. The number of hydrogen-bond donors (Lipinski definition) is 2. The summed E-state index contributed by atoms with van der Waals surface area (Å²) in [6.07, 6.45) is 8.25. The summed E-state index contributed by atoms with van der Waals surface area (Å²) in [5, 5.41) is 6.73. The van der Waals surface area contributed by atoms with Crippen molar-refractivity contribution in [1.29, 1.82) is 0 Å². The first-order valence-corrected chi connectivity index (χ1v) is 9.96. The third kappa shape index (κ3) is 10.3. The van der Waals surface area contributed by atoms with Gasteiger partial charge >= 0.3 is 0 Å². The average molecular weight is 488 g/mol. The van der Waals surface area contributed by atoms with Crippen LogP contribution in [-0.2, 0) is 17.8 Å². The van der Waals surface area contributed by atoms with Gasteiger partial charge in [0.05, 0.1) is 12.7 Å². The van der Waals surface area contributed by atoms with Gasteiger partial charge in [0.25, 0.3) is 0 Å². The molecule has 0 aromatic heterocycles. The highest BCUT2D eigenvalue weighted by atomic mass is 127. The van der Waals surface area contributed by atoms with E-state index in [4.69, 9.17) is 4.74 Å². The van der Waals surface area contributed by atoms with E-state index < -0.39 is 0 Å². The van der Waals surface area contributed by atoms with Gasteiger partial charge in [-0.05, 0) is 38.1 Å². The maximum absolute atomic E-state index is 6.02. The highest BCUT2D eigenvalue weighted by Gasteiger charge is 2.12. The van der Waals surface area contributed by atoms with E-state index in [0.29, 0.717) is 6.10 Å². The van der Waals surface area contributed by atoms with E-state index in [0.717, 1.165) is 32.2 Å². The minimum atomic E-state index is 0. The Balaban J connectivity index is 0.00000364. The van der Waals surface area contributed by atoms with E-state index in [9.17, 15) is 0 Å². The van der Waals surface area contributed by atoms with E-state index in [1.807, 2.05) is 7.05 Å². The van der Waals surface area contributed by atoms with Crippen LogP contribution in [0.1, 0.15) is 49.7 Å². The van der Waals surface area contributed by atoms with Crippen molar-refractivity contribution in [3.05, 3.63) is 35.4 Å². The Morgan fingerprint density at radius 2 is 1.81 bits per heavy atom. The van der Waals surface area contributed by atoms with Crippen molar-refractivity contribution in [2.24, 2.45) is 4.99 Å². The van der Waals surface area contributed by atoms with Gasteiger partial charge in [-0.2, -0.15) is 0 Å². The molecule has 0 unspecified atom stereocenters. The van der Waals surface area contributed by atoms with Gasteiger partial charge in [-0.3, -0.25) is 4.99 Å². The SMILES string of the molecule is CN=C(NCCOC1CCCCCC1)NCc1cccc(CN(C)C)c1.I. The standard InChI is InChI=1S/C21H36N4O.HI/c1-22-21(23-13-14-26-20-11-6-4-5-7-12-20)24-16-18-9-8-10-19(15-18)17-25(2)3;/h8-10,15,20H,4-7,11-14,16-17H2,1-3H3,(H2,22,23,24);1H. The van der Waals surface area contributed by atoms with Gasteiger partial charge in [-0.25, -0.2) is 0 Å². The molecule has 0 atom stereocenters. The number of aliphatic imine (C=N–C) groups is 1. The van der Waals surface area contributed by atoms with Crippen molar-refractivity contribution in [2.75, 3.05) is 34.3 Å². The number of ether oxygens (including phenoxy) is 1. The van der Waals surface area contributed by atoms with Crippen molar-refractivity contribution < 1.29 is 4.74 Å². The lowest BCUT2D eigenvalue weighted by Crippen LogP contribution is -2.39. The summed E-state index contributed by atoms with van der Waals surface area (Å²) in [7, 11) is 5.99. The topological polar surface area (TPSA) is 48.9 Å². The Labute approximate surface area is 182 Å². The zero-order chi connectivity index (χ0) is 18.6. The van der Waals surface area contributed by atoms with Crippen LogP contribution in [0.5, 0.6) is 0 Å². The second-order valence-electron chi connectivity index (χ2n) is 7.39. The van der Waals surface area contributed by atoms with Crippen molar-refractivity contribution in [2.45, 2.75) is 57.7 Å². The van der Waals surface area contributed by atoms with Gasteiger partial charge in [0, 0.05) is 26.7 Å². The van der Waals surface area contributed by atoms with Gasteiger partial charge in [0.2, 0.25) is 0 Å². The Hall–Kier alpha value is -0.860. The lowest BCUT2D eigenvalue weighted by Gasteiger charge is -2.17. The molecule has 1 aromatic rings. The average Bonchev–Trinajstić information content (AvgIpc) is 2.90. The van der Waals surface area contributed by atoms with Crippen LogP contribution in [0.4, 0.5) is 0 Å². The smallest absolute Gasteiger partial charge is 0.191 e. The number of halogens is 1. The molecule has 2 rings (SSSR count). The molecule has 6 heteroatoms. The summed E-state index contributed by atoms with van der Waals surface area (Å²) in [6, 6.07) is 8.68. The molecule has 0 bridgehead atoms. The number of hydrogen-bond acceptors (Lipinski definition) is 3. The fraction of sp³-hybridized carbons (Fsp3) is 0.667. The van der Waals surface area contributed by atoms with Gasteiger partial charge in [-0.15, -0.1) is 24.0 Å². The van der Waals surface area contributed by atoms with Crippen LogP contribution in [0, 0.1) is 0 Å².